The molecule has 3 nitrogen and oxygen atoms in total. The lowest BCUT2D eigenvalue weighted by Crippen LogP contribution is -2.01. The summed E-state index contributed by atoms with van der Waals surface area (Å²) in [6.07, 6.45) is 4.24. The second kappa shape index (κ2) is 8.34. The van der Waals surface area contributed by atoms with Crippen LogP contribution in [0.4, 0.5) is 0 Å². The number of rotatable bonds is 8. The van der Waals surface area contributed by atoms with E-state index in [0.29, 0.717) is 0 Å². The number of nitrogens with zero attached hydrogens (tertiary/aromatic N) is 1. The molecule has 0 aliphatic carbocycles. The number of unbranched alkanes of at least 4 members (excludes halogenated alkanes) is 2. The number of aromatic nitrogens is 1. The summed E-state index contributed by atoms with van der Waals surface area (Å²) in [5.74, 6) is 2.01. The highest BCUT2D eigenvalue weighted by atomic mass is 32.1. The minimum atomic E-state index is 0.759. The minimum absolute atomic E-state index is 0.759. The van der Waals surface area contributed by atoms with Gasteiger partial charge in [0.25, 0.3) is 0 Å². The second-order valence-electron chi connectivity index (χ2n) is 6.54. The molecular weight excluding hydrogens is 330 g/mol. The molecule has 0 radical (unpaired) electrons. The largest absolute Gasteiger partial charge is 0.493 e. The zero-order chi connectivity index (χ0) is 17.6. The molecule has 0 amide bonds. The summed E-state index contributed by atoms with van der Waals surface area (Å²) < 4.78 is 11.3. The van der Waals surface area contributed by atoms with Crippen LogP contribution in [-0.2, 0) is 6.42 Å². The van der Waals surface area contributed by atoms with E-state index >= 15 is 0 Å². The zero-order valence-corrected chi connectivity index (χ0v) is 16.0. The summed E-state index contributed by atoms with van der Waals surface area (Å²) in [6.45, 7) is 6.97. The lowest BCUT2D eigenvalue weighted by Gasteiger charge is -2.14. The van der Waals surface area contributed by atoms with Gasteiger partial charge in [-0.25, -0.2) is 0 Å². The highest BCUT2D eigenvalue weighted by Gasteiger charge is 2.08. The van der Waals surface area contributed by atoms with Crippen molar-refractivity contribution >= 4 is 11.3 Å². The number of benzene rings is 1. The van der Waals surface area contributed by atoms with Crippen molar-refractivity contribution in [2.45, 2.75) is 46.5 Å². The molecule has 0 bridgehead atoms. The molecule has 0 aliphatic rings. The average molecular weight is 356 g/mol. The molecule has 0 fully saturated rings. The Balaban J connectivity index is 1.46. The van der Waals surface area contributed by atoms with Crippen LogP contribution in [0.15, 0.2) is 39.5 Å². The Labute approximate surface area is 153 Å². The normalized spacial score (nSPS) is 11.0. The minimum Gasteiger partial charge on any atom is -0.493 e. The van der Waals surface area contributed by atoms with E-state index in [4.69, 9.17) is 9.26 Å². The molecule has 0 saturated carbocycles. The van der Waals surface area contributed by atoms with Crippen LogP contribution in [0.1, 0.15) is 41.8 Å². The number of hydrogen-bond acceptors (Lipinski definition) is 4. The molecule has 0 unspecified atom stereocenters. The Kier molecular flexibility index (Phi) is 5.92. The van der Waals surface area contributed by atoms with E-state index in [9.17, 15) is 0 Å². The van der Waals surface area contributed by atoms with Gasteiger partial charge in [-0.15, -0.1) is 0 Å². The highest BCUT2D eigenvalue weighted by Crippen LogP contribution is 2.31. The van der Waals surface area contributed by atoms with Crippen LogP contribution in [0, 0.1) is 20.8 Å². The van der Waals surface area contributed by atoms with Gasteiger partial charge in [0.15, 0.2) is 0 Å². The lowest BCUT2D eigenvalue weighted by atomic mass is 10.0. The average Bonchev–Trinajstić information content (AvgIpc) is 3.24. The Morgan fingerprint density at radius 1 is 1.00 bits per heavy atom. The molecule has 1 aromatic carbocycles. The van der Waals surface area contributed by atoms with Crippen LogP contribution >= 0.6 is 11.3 Å². The molecule has 0 atom stereocenters. The van der Waals surface area contributed by atoms with Gasteiger partial charge in [-0.05, 0) is 91.2 Å². The molecule has 3 aromatic rings. The first kappa shape index (κ1) is 17.7. The fraction of sp³-hybridized carbons (Fsp3) is 0.381. The Hall–Kier alpha value is -2.07. The van der Waals surface area contributed by atoms with Crippen molar-refractivity contribution in [3.8, 4) is 16.9 Å². The number of ether oxygens (including phenoxy) is 1. The number of thiophene rings is 1. The SMILES string of the molecule is Cc1cc(CCCCCOc2c(C)cc(-c3ccsc3)cc2C)on1. The van der Waals surface area contributed by atoms with Crippen molar-refractivity contribution in [1.29, 1.82) is 0 Å². The predicted molar refractivity (Wildman–Crippen MR) is 104 cm³/mol. The summed E-state index contributed by atoms with van der Waals surface area (Å²) in [7, 11) is 0. The van der Waals surface area contributed by atoms with Crippen LogP contribution < -0.4 is 4.74 Å². The Morgan fingerprint density at radius 3 is 2.44 bits per heavy atom. The van der Waals surface area contributed by atoms with Crippen LogP contribution in [0.2, 0.25) is 0 Å². The molecule has 0 spiro atoms. The maximum absolute atomic E-state index is 6.06. The molecule has 4 heteroatoms. The van der Waals surface area contributed by atoms with Gasteiger partial charge in [-0.1, -0.05) is 5.16 Å². The van der Waals surface area contributed by atoms with E-state index in [1.165, 1.54) is 22.3 Å². The summed E-state index contributed by atoms with van der Waals surface area (Å²) in [4.78, 5) is 0. The van der Waals surface area contributed by atoms with Crippen LogP contribution in [0.3, 0.4) is 0 Å². The lowest BCUT2D eigenvalue weighted by molar-refractivity contribution is 0.299. The Bertz CT molecular complexity index is 782. The quantitative estimate of drug-likeness (QED) is 0.457. The van der Waals surface area contributed by atoms with Gasteiger partial charge in [0.1, 0.15) is 11.5 Å². The molecule has 0 aliphatic heterocycles. The van der Waals surface area contributed by atoms with Crippen molar-refractivity contribution in [3.05, 3.63) is 57.6 Å². The summed E-state index contributed by atoms with van der Waals surface area (Å²) in [5.41, 5.74) is 5.92. The Morgan fingerprint density at radius 2 is 1.80 bits per heavy atom. The summed E-state index contributed by atoms with van der Waals surface area (Å²) >= 11 is 1.73. The van der Waals surface area contributed by atoms with Gasteiger partial charge >= 0.3 is 0 Å². The standard InChI is InChI=1S/C21H25NO2S/c1-15-11-19(18-8-10-25-14-18)12-16(2)21(15)23-9-6-4-5-7-20-13-17(3)22-24-20/h8,10-14H,4-7,9H2,1-3H3. The molecule has 25 heavy (non-hydrogen) atoms. The number of hydrogen-bond donors (Lipinski definition) is 0. The predicted octanol–water partition coefficient (Wildman–Crippen LogP) is 6.12. The van der Waals surface area contributed by atoms with Crippen LogP contribution in [-0.4, -0.2) is 11.8 Å². The molecular formula is C21H25NO2S. The molecule has 3 rings (SSSR count). The van der Waals surface area contributed by atoms with Gasteiger partial charge in [0.2, 0.25) is 0 Å². The third-order valence-electron chi connectivity index (χ3n) is 4.31. The smallest absolute Gasteiger partial charge is 0.136 e. The zero-order valence-electron chi connectivity index (χ0n) is 15.2. The third-order valence-corrected chi connectivity index (χ3v) is 4.99. The van der Waals surface area contributed by atoms with Crippen molar-refractivity contribution in [2.75, 3.05) is 6.61 Å². The van der Waals surface area contributed by atoms with Crippen LogP contribution in [0.25, 0.3) is 11.1 Å². The maximum Gasteiger partial charge on any atom is 0.136 e. The second-order valence-corrected chi connectivity index (χ2v) is 7.32. The first-order chi connectivity index (χ1) is 12.1. The van der Waals surface area contributed by atoms with E-state index in [2.05, 4.69) is 48.0 Å². The van der Waals surface area contributed by atoms with Crippen LogP contribution in [0.5, 0.6) is 5.75 Å². The molecule has 2 aromatic heterocycles. The molecule has 0 N–H and O–H groups in total. The van der Waals surface area contributed by atoms with Gasteiger partial charge in [0.05, 0.1) is 12.3 Å². The van der Waals surface area contributed by atoms with E-state index < -0.39 is 0 Å². The maximum atomic E-state index is 6.06. The molecule has 132 valence electrons. The van der Waals surface area contributed by atoms with Gasteiger partial charge in [-0.2, -0.15) is 11.3 Å². The monoisotopic (exact) mass is 355 g/mol. The van der Waals surface area contributed by atoms with Crippen molar-refractivity contribution < 1.29 is 9.26 Å². The fourth-order valence-electron chi connectivity index (χ4n) is 3.06. The summed E-state index contributed by atoms with van der Waals surface area (Å²) in [5, 5.41) is 8.22. The fourth-order valence-corrected chi connectivity index (χ4v) is 3.72. The molecule has 0 saturated heterocycles. The van der Waals surface area contributed by atoms with Gasteiger partial charge < -0.3 is 9.26 Å². The highest BCUT2D eigenvalue weighted by molar-refractivity contribution is 7.08. The van der Waals surface area contributed by atoms with E-state index in [-0.39, 0.29) is 0 Å². The number of aryl methyl sites for hydroxylation is 4. The topological polar surface area (TPSA) is 35.3 Å². The first-order valence-corrected chi connectivity index (χ1v) is 9.76. The van der Waals surface area contributed by atoms with Crippen molar-refractivity contribution in [1.82, 2.24) is 5.16 Å². The third kappa shape index (κ3) is 4.73. The van der Waals surface area contributed by atoms with E-state index in [0.717, 1.165) is 49.5 Å². The molecule has 2 heterocycles. The summed E-state index contributed by atoms with van der Waals surface area (Å²) in [6, 6.07) is 8.61. The van der Waals surface area contributed by atoms with Crippen molar-refractivity contribution in [3.63, 3.8) is 0 Å². The first-order valence-electron chi connectivity index (χ1n) is 8.82. The van der Waals surface area contributed by atoms with E-state index in [1.807, 2.05) is 13.0 Å². The van der Waals surface area contributed by atoms with E-state index in [1.54, 1.807) is 11.3 Å². The van der Waals surface area contributed by atoms with Gasteiger partial charge in [0, 0.05) is 12.5 Å². The van der Waals surface area contributed by atoms with Crippen molar-refractivity contribution in [2.24, 2.45) is 0 Å². The van der Waals surface area contributed by atoms with Gasteiger partial charge in [-0.3, -0.25) is 0 Å².